The molecule has 0 spiro atoms. The van der Waals surface area contributed by atoms with Crippen LogP contribution in [0.4, 0.5) is 0 Å². The number of hydrogen-bond acceptors (Lipinski definition) is 5. The highest BCUT2D eigenvalue weighted by atomic mass is 32.2. The van der Waals surface area contributed by atoms with Gasteiger partial charge in [-0.15, -0.1) is 0 Å². The van der Waals surface area contributed by atoms with Crippen molar-refractivity contribution in [3.63, 3.8) is 0 Å². The van der Waals surface area contributed by atoms with Crippen molar-refractivity contribution in [2.75, 3.05) is 43.3 Å². The Kier molecular flexibility index (Phi) is 12.3. The maximum atomic E-state index is 10.8. The molecule has 0 bridgehead atoms. The van der Waals surface area contributed by atoms with Crippen LogP contribution in [0, 0.1) is 0 Å². The summed E-state index contributed by atoms with van der Waals surface area (Å²) in [5, 5.41) is 0. The fraction of sp³-hybridized carbons (Fsp3) is 0.900. The highest BCUT2D eigenvalue weighted by Gasteiger charge is 1.97. The van der Waals surface area contributed by atoms with E-state index < -0.39 is 0 Å². The van der Waals surface area contributed by atoms with E-state index in [2.05, 4.69) is 6.26 Å². The van der Waals surface area contributed by atoms with Gasteiger partial charge in [0.15, 0.2) is 0 Å². The zero-order valence-corrected chi connectivity index (χ0v) is 11.1. The number of ether oxygens (including phenoxy) is 2. The fourth-order valence-corrected chi connectivity index (χ4v) is 1.71. The average molecular weight is 252 g/mol. The van der Waals surface area contributed by atoms with Crippen molar-refractivity contribution >= 4 is 29.5 Å². The van der Waals surface area contributed by atoms with Gasteiger partial charge in [0.25, 0.3) is 0 Å². The summed E-state index contributed by atoms with van der Waals surface area (Å²) in [6.07, 6.45) is 2.53. The van der Waals surface area contributed by atoms with Crippen molar-refractivity contribution in [2.24, 2.45) is 0 Å². The molecular formula is C10H20O3S2. The minimum absolute atomic E-state index is 0.119. The summed E-state index contributed by atoms with van der Waals surface area (Å²) in [5.41, 5.74) is 0. The van der Waals surface area contributed by atoms with Gasteiger partial charge in [0.1, 0.15) is 6.61 Å². The zero-order valence-electron chi connectivity index (χ0n) is 9.49. The van der Waals surface area contributed by atoms with E-state index in [4.69, 9.17) is 9.47 Å². The average Bonchev–Trinajstić information content (AvgIpc) is 2.26. The van der Waals surface area contributed by atoms with Gasteiger partial charge in [0, 0.05) is 23.7 Å². The molecule has 0 aliphatic heterocycles. The van der Waals surface area contributed by atoms with Crippen molar-refractivity contribution in [3.8, 4) is 0 Å². The van der Waals surface area contributed by atoms with E-state index in [0.717, 1.165) is 30.5 Å². The van der Waals surface area contributed by atoms with Crippen LogP contribution in [-0.4, -0.2) is 49.3 Å². The third kappa shape index (κ3) is 12.1. The van der Waals surface area contributed by atoms with Gasteiger partial charge in [-0.3, -0.25) is 4.79 Å². The van der Waals surface area contributed by atoms with Gasteiger partial charge < -0.3 is 9.47 Å². The SMILES string of the molecule is CCC(=O)OCCSCCOCCSC. The van der Waals surface area contributed by atoms with Crippen LogP contribution in [0.15, 0.2) is 0 Å². The predicted octanol–water partition coefficient (Wildman–Crippen LogP) is 2.05. The number of esters is 1. The van der Waals surface area contributed by atoms with E-state index in [1.54, 1.807) is 30.4 Å². The maximum absolute atomic E-state index is 10.8. The molecule has 90 valence electrons. The monoisotopic (exact) mass is 252 g/mol. The van der Waals surface area contributed by atoms with E-state index in [1.165, 1.54) is 0 Å². The molecule has 0 atom stereocenters. The molecule has 3 nitrogen and oxygen atoms in total. The maximum Gasteiger partial charge on any atom is 0.305 e. The molecule has 0 aromatic carbocycles. The smallest absolute Gasteiger partial charge is 0.305 e. The Balaban J connectivity index is 2.95. The van der Waals surface area contributed by atoms with Gasteiger partial charge in [0.2, 0.25) is 0 Å². The number of thioether (sulfide) groups is 2. The molecule has 0 saturated carbocycles. The molecule has 0 aliphatic rings. The summed E-state index contributed by atoms with van der Waals surface area (Å²) in [4.78, 5) is 10.8. The first-order valence-electron chi connectivity index (χ1n) is 5.11. The van der Waals surface area contributed by atoms with E-state index in [-0.39, 0.29) is 5.97 Å². The zero-order chi connectivity index (χ0) is 11.4. The molecular weight excluding hydrogens is 232 g/mol. The summed E-state index contributed by atoms with van der Waals surface area (Å²) in [5.74, 6) is 2.76. The number of hydrogen-bond donors (Lipinski definition) is 0. The van der Waals surface area contributed by atoms with Gasteiger partial charge in [-0.05, 0) is 6.26 Å². The molecule has 0 aromatic heterocycles. The van der Waals surface area contributed by atoms with Crippen molar-refractivity contribution < 1.29 is 14.3 Å². The quantitative estimate of drug-likeness (QED) is 0.439. The van der Waals surface area contributed by atoms with Gasteiger partial charge in [-0.1, -0.05) is 6.92 Å². The first-order valence-corrected chi connectivity index (χ1v) is 7.66. The Labute approximate surface area is 101 Å². The van der Waals surface area contributed by atoms with Crippen LogP contribution in [0.1, 0.15) is 13.3 Å². The predicted molar refractivity (Wildman–Crippen MR) is 67.8 cm³/mol. The molecule has 0 unspecified atom stereocenters. The summed E-state index contributed by atoms with van der Waals surface area (Å²) in [6.45, 7) is 3.93. The van der Waals surface area contributed by atoms with Crippen molar-refractivity contribution in [3.05, 3.63) is 0 Å². The highest BCUT2D eigenvalue weighted by molar-refractivity contribution is 7.99. The topological polar surface area (TPSA) is 35.5 Å². The third-order valence-electron chi connectivity index (χ3n) is 1.58. The lowest BCUT2D eigenvalue weighted by atomic mass is 10.5. The van der Waals surface area contributed by atoms with E-state index in [9.17, 15) is 4.79 Å². The van der Waals surface area contributed by atoms with E-state index >= 15 is 0 Å². The molecule has 5 heteroatoms. The molecule has 0 saturated heterocycles. The Morgan fingerprint density at radius 2 is 1.80 bits per heavy atom. The lowest BCUT2D eigenvalue weighted by Crippen LogP contribution is -2.07. The molecule has 0 aliphatic carbocycles. The van der Waals surface area contributed by atoms with Gasteiger partial charge >= 0.3 is 5.97 Å². The summed E-state index contributed by atoms with van der Waals surface area (Å²) < 4.78 is 10.3. The lowest BCUT2D eigenvalue weighted by molar-refractivity contribution is -0.142. The van der Waals surface area contributed by atoms with Crippen LogP contribution >= 0.6 is 23.5 Å². The molecule has 0 N–H and O–H groups in total. The normalized spacial score (nSPS) is 10.3. The lowest BCUT2D eigenvalue weighted by Gasteiger charge is -2.04. The largest absolute Gasteiger partial charge is 0.465 e. The fourth-order valence-electron chi connectivity index (χ4n) is 0.781. The Morgan fingerprint density at radius 3 is 2.47 bits per heavy atom. The van der Waals surface area contributed by atoms with Gasteiger partial charge in [0.05, 0.1) is 13.2 Å². The Morgan fingerprint density at radius 1 is 1.13 bits per heavy atom. The summed E-state index contributed by atoms with van der Waals surface area (Å²) in [7, 11) is 0. The van der Waals surface area contributed by atoms with Crippen LogP contribution in [0.2, 0.25) is 0 Å². The van der Waals surface area contributed by atoms with Crippen LogP contribution in [0.5, 0.6) is 0 Å². The first kappa shape index (κ1) is 15.1. The van der Waals surface area contributed by atoms with Crippen molar-refractivity contribution in [2.45, 2.75) is 13.3 Å². The second-order valence-electron chi connectivity index (χ2n) is 2.79. The van der Waals surface area contributed by atoms with Gasteiger partial charge in [-0.25, -0.2) is 0 Å². The number of carbonyl (C=O) groups is 1. The highest BCUT2D eigenvalue weighted by Crippen LogP contribution is 2.00. The second kappa shape index (κ2) is 12.2. The second-order valence-corrected chi connectivity index (χ2v) is 5.00. The number of rotatable bonds is 10. The minimum atomic E-state index is -0.119. The molecule has 0 heterocycles. The van der Waals surface area contributed by atoms with Crippen molar-refractivity contribution in [1.82, 2.24) is 0 Å². The van der Waals surface area contributed by atoms with Crippen LogP contribution in [-0.2, 0) is 14.3 Å². The van der Waals surface area contributed by atoms with E-state index in [1.807, 2.05) is 0 Å². The molecule has 0 radical (unpaired) electrons. The molecule has 0 amide bonds. The summed E-state index contributed by atoms with van der Waals surface area (Å²) in [6, 6.07) is 0. The minimum Gasteiger partial charge on any atom is -0.465 e. The third-order valence-corrected chi connectivity index (χ3v) is 3.07. The summed E-state index contributed by atoms with van der Waals surface area (Å²) >= 11 is 3.54. The molecule has 0 aromatic rings. The number of carbonyl (C=O) groups excluding carboxylic acids is 1. The molecule has 0 rings (SSSR count). The van der Waals surface area contributed by atoms with Crippen molar-refractivity contribution in [1.29, 1.82) is 0 Å². The Hall–Kier alpha value is 0.130. The first-order chi connectivity index (χ1) is 7.31. The van der Waals surface area contributed by atoms with Gasteiger partial charge in [-0.2, -0.15) is 23.5 Å². The van der Waals surface area contributed by atoms with Crippen LogP contribution in [0.3, 0.4) is 0 Å². The standard InChI is InChI=1S/C10H20O3S2/c1-3-10(11)13-6-9-15-8-5-12-4-7-14-2/h3-9H2,1-2H3. The van der Waals surface area contributed by atoms with E-state index in [0.29, 0.717) is 13.0 Å². The Bertz CT molecular complexity index is 154. The van der Waals surface area contributed by atoms with Crippen LogP contribution < -0.4 is 0 Å². The molecule has 15 heavy (non-hydrogen) atoms. The molecule has 0 fully saturated rings. The van der Waals surface area contributed by atoms with Crippen LogP contribution in [0.25, 0.3) is 0 Å².